The molecule has 3 rings (SSSR count). The summed E-state index contributed by atoms with van der Waals surface area (Å²) in [5, 5.41) is 13.3. The molecule has 1 aliphatic rings. The van der Waals surface area contributed by atoms with E-state index in [1.807, 2.05) is 0 Å². The van der Waals surface area contributed by atoms with Crippen molar-refractivity contribution in [2.24, 2.45) is 5.92 Å². The molecule has 3 amide bonds. The molecule has 0 aromatic carbocycles. The Bertz CT molecular complexity index is 752. The number of imide groups is 1. The van der Waals surface area contributed by atoms with E-state index in [2.05, 4.69) is 32.7 Å². The largest absolute Gasteiger partial charge is 0.411 e. The number of hydrogen-bond donors (Lipinski definition) is 2. The molecule has 0 saturated heterocycles. The second-order valence-electron chi connectivity index (χ2n) is 6.29. The van der Waals surface area contributed by atoms with Gasteiger partial charge in [0.15, 0.2) is 0 Å². The first-order valence-electron chi connectivity index (χ1n) is 8.59. The van der Waals surface area contributed by atoms with E-state index >= 15 is 0 Å². The van der Waals surface area contributed by atoms with Crippen molar-refractivity contribution >= 4 is 23.7 Å². The molecule has 0 aliphatic heterocycles. The van der Waals surface area contributed by atoms with Crippen LogP contribution < -0.4 is 10.6 Å². The molecular formula is C17H21N5O3S. The maximum Gasteiger partial charge on any atom is 0.321 e. The third-order valence-electron chi connectivity index (χ3n) is 4.32. The van der Waals surface area contributed by atoms with Crippen LogP contribution in [0.5, 0.6) is 0 Å². The zero-order chi connectivity index (χ0) is 18.4. The molecule has 138 valence electrons. The van der Waals surface area contributed by atoms with Crippen LogP contribution in [0.25, 0.3) is 11.5 Å². The van der Waals surface area contributed by atoms with Crippen molar-refractivity contribution in [2.75, 3.05) is 5.75 Å². The van der Waals surface area contributed by atoms with Crippen molar-refractivity contribution in [1.82, 2.24) is 25.8 Å². The molecule has 1 aliphatic carbocycles. The lowest BCUT2D eigenvalue weighted by Gasteiger charge is -2.29. The first kappa shape index (κ1) is 18.4. The molecule has 0 spiro atoms. The second kappa shape index (κ2) is 8.79. The predicted molar refractivity (Wildman–Crippen MR) is 96.3 cm³/mol. The summed E-state index contributed by atoms with van der Waals surface area (Å²) in [6.45, 7) is 2.12. The Balaban J connectivity index is 1.44. The number of nitrogens with one attached hydrogen (secondary N) is 2. The van der Waals surface area contributed by atoms with E-state index in [4.69, 9.17) is 4.42 Å². The normalized spacial score (nSPS) is 19.7. The van der Waals surface area contributed by atoms with Crippen LogP contribution in [0.15, 0.2) is 34.2 Å². The molecule has 2 heterocycles. The predicted octanol–water partition coefficient (Wildman–Crippen LogP) is 2.63. The minimum atomic E-state index is -0.448. The summed E-state index contributed by atoms with van der Waals surface area (Å²) in [5.41, 5.74) is 0.706. The van der Waals surface area contributed by atoms with Gasteiger partial charge in [0.2, 0.25) is 11.8 Å². The first-order valence-corrected chi connectivity index (χ1v) is 9.57. The number of urea groups is 1. The van der Waals surface area contributed by atoms with Gasteiger partial charge in [0.1, 0.15) is 0 Å². The van der Waals surface area contributed by atoms with E-state index in [1.54, 1.807) is 24.5 Å². The van der Waals surface area contributed by atoms with Crippen LogP contribution in [0.4, 0.5) is 4.79 Å². The number of aromatic nitrogens is 3. The van der Waals surface area contributed by atoms with E-state index in [1.165, 1.54) is 6.42 Å². The van der Waals surface area contributed by atoms with Crippen LogP contribution >= 0.6 is 11.8 Å². The minimum absolute atomic E-state index is 0.0162. The molecule has 0 bridgehead atoms. The Morgan fingerprint density at radius 1 is 1.31 bits per heavy atom. The number of hydrogen-bond acceptors (Lipinski definition) is 7. The molecule has 1 fully saturated rings. The lowest BCUT2D eigenvalue weighted by molar-refractivity contribution is -0.117. The minimum Gasteiger partial charge on any atom is -0.411 e. The van der Waals surface area contributed by atoms with Crippen molar-refractivity contribution in [3.8, 4) is 11.5 Å². The smallest absolute Gasteiger partial charge is 0.321 e. The Morgan fingerprint density at radius 3 is 2.92 bits per heavy atom. The summed E-state index contributed by atoms with van der Waals surface area (Å²) in [6, 6.07) is 3.25. The summed E-state index contributed by atoms with van der Waals surface area (Å²) in [5.74, 6) is 0.382. The van der Waals surface area contributed by atoms with Gasteiger partial charge in [0, 0.05) is 18.4 Å². The number of rotatable bonds is 5. The molecule has 2 N–H and O–H groups in total. The maximum absolute atomic E-state index is 12.0. The third-order valence-corrected chi connectivity index (χ3v) is 5.14. The van der Waals surface area contributed by atoms with Crippen molar-refractivity contribution in [3.05, 3.63) is 24.5 Å². The van der Waals surface area contributed by atoms with Gasteiger partial charge in [-0.15, -0.1) is 10.2 Å². The molecule has 0 radical (unpaired) electrons. The van der Waals surface area contributed by atoms with E-state index in [-0.39, 0.29) is 17.0 Å². The first-order chi connectivity index (χ1) is 12.6. The number of pyridine rings is 1. The van der Waals surface area contributed by atoms with Gasteiger partial charge >= 0.3 is 6.03 Å². The second-order valence-corrected chi connectivity index (χ2v) is 7.22. The highest BCUT2D eigenvalue weighted by Crippen LogP contribution is 2.24. The van der Waals surface area contributed by atoms with Gasteiger partial charge < -0.3 is 9.73 Å². The highest BCUT2D eigenvalue weighted by molar-refractivity contribution is 7.99. The topological polar surface area (TPSA) is 110 Å². The average molecular weight is 375 g/mol. The lowest BCUT2D eigenvalue weighted by atomic mass is 9.86. The van der Waals surface area contributed by atoms with Gasteiger partial charge in [0.05, 0.1) is 11.3 Å². The van der Waals surface area contributed by atoms with Crippen molar-refractivity contribution in [3.63, 3.8) is 0 Å². The van der Waals surface area contributed by atoms with Gasteiger partial charge in [-0.3, -0.25) is 15.1 Å². The maximum atomic E-state index is 12.0. The van der Waals surface area contributed by atoms with Gasteiger partial charge in [-0.25, -0.2) is 4.79 Å². The fourth-order valence-corrected chi connectivity index (χ4v) is 3.46. The molecular weight excluding hydrogens is 354 g/mol. The molecule has 8 nitrogen and oxygen atoms in total. The molecule has 9 heteroatoms. The SMILES string of the molecule is C[C@@H]1CCCC[C@H]1NC(=O)NC(=O)CSc1nnc(-c2cccnc2)o1. The highest BCUT2D eigenvalue weighted by atomic mass is 32.2. The summed E-state index contributed by atoms with van der Waals surface area (Å²) in [6.07, 6.45) is 7.63. The number of carbonyl (C=O) groups excluding carboxylic acids is 2. The van der Waals surface area contributed by atoms with Crippen LogP contribution in [0.3, 0.4) is 0 Å². The van der Waals surface area contributed by atoms with Crippen LogP contribution in [0.2, 0.25) is 0 Å². The zero-order valence-corrected chi connectivity index (χ0v) is 15.3. The quantitative estimate of drug-likeness (QED) is 0.773. The lowest BCUT2D eigenvalue weighted by Crippen LogP contribution is -2.48. The average Bonchev–Trinajstić information content (AvgIpc) is 3.12. The van der Waals surface area contributed by atoms with E-state index in [0.29, 0.717) is 17.4 Å². The standard InChI is InChI=1S/C17H21N5O3S/c1-11-5-2-3-7-13(11)19-16(24)20-14(23)10-26-17-22-21-15(25-17)12-6-4-8-18-9-12/h4,6,8-9,11,13H,2-3,5,7,10H2,1H3,(H2,19,20,23,24)/t11-,13-/m1/s1. The Hall–Kier alpha value is -2.42. The number of thioether (sulfide) groups is 1. The molecule has 2 aromatic rings. The van der Waals surface area contributed by atoms with Crippen LogP contribution in [0, 0.1) is 5.92 Å². The fourth-order valence-electron chi connectivity index (χ4n) is 2.90. The van der Waals surface area contributed by atoms with Gasteiger partial charge in [0.25, 0.3) is 5.22 Å². The fraction of sp³-hybridized carbons (Fsp3) is 0.471. The summed E-state index contributed by atoms with van der Waals surface area (Å²) < 4.78 is 5.48. The zero-order valence-electron chi connectivity index (χ0n) is 14.5. The molecule has 26 heavy (non-hydrogen) atoms. The number of nitrogens with zero attached hydrogens (tertiary/aromatic N) is 3. The molecule has 1 saturated carbocycles. The Kier molecular flexibility index (Phi) is 6.21. The number of amides is 3. The van der Waals surface area contributed by atoms with Gasteiger partial charge in [-0.2, -0.15) is 0 Å². The Labute approximate surface area is 155 Å². The number of carbonyl (C=O) groups is 2. The monoisotopic (exact) mass is 375 g/mol. The van der Waals surface area contributed by atoms with Crippen LogP contribution in [-0.2, 0) is 4.79 Å². The molecule has 2 atom stereocenters. The van der Waals surface area contributed by atoms with Crippen molar-refractivity contribution in [1.29, 1.82) is 0 Å². The van der Waals surface area contributed by atoms with Crippen molar-refractivity contribution in [2.45, 2.75) is 43.9 Å². The van der Waals surface area contributed by atoms with E-state index in [0.717, 1.165) is 31.0 Å². The summed E-state index contributed by atoms with van der Waals surface area (Å²) in [7, 11) is 0. The summed E-state index contributed by atoms with van der Waals surface area (Å²) >= 11 is 1.08. The van der Waals surface area contributed by atoms with Crippen LogP contribution in [-0.4, -0.2) is 38.9 Å². The van der Waals surface area contributed by atoms with Gasteiger partial charge in [-0.05, 0) is 30.9 Å². The molecule has 0 unspecified atom stereocenters. The van der Waals surface area contributed by atoms with Gasteiger partial charge in [-0.1, -0.05) is 31.5 Å². The summed E-state index contributed by atoms with van der Waals surface area (Å²) in [4.78, 5) is 27.9. The molecule has 2 aromatic heterocycles. The van der Waals surface area contributed by atoms with Crippen molar-refractivity contribution < 1.29 is 14.0 Å². The van der Waals surface area contributed by atoms with Crippen LogP contribution in [0.1, 0.15) is 32.6 Å². The highest BCUT2D eigenvalue weighted by Gasteiger charge is 2.23. The van der Waals surface area contributed by atoms with E-state index < -0.39 is 11.9 Å². The van der Waals surface area contributed by atoms with E-state index in [9.17, 15) is 9.59 Å². The Morgan fingerprint density at radius 2 is 2.15 bits per heavy atom. The third kappa shape index (κ3) is 5.04.